The minimum Gasteiger partial charge on any atom is -0.436 e. The van der Waals surface area contributed by atoms with E-state index in [1.165, 1.54) is 0 Å². The first-order valence-corrected chi connectivity index (χ1v) is 5.63. The van der Waals surface area contributed by atoms with Gasteiger partial charge in [-0.2, -0.15) is 14.6 Å². The van der Waals surface area contributed by atoms with Crippen molar-refractivity contribution in [1.82, 2.24) is 4.98 Å². The second kappa shape index (κ2) is 5.21. The third-order valence-electron chi connectivity index (χ3n) is 2.64. The molecule has 0 N–H and O–H groups in total. The van der Waals surface area contributed by atoms with Crippen LogP contribution in [0.15, 0.2) is 18.2 Å². The van der Waals surface area contributed by atoms with Crippen LogP contribution in [0.1, 0.15) is 16.7 Å². The Labute approximate surface area is 113 Å². The summed E-state index contributed by atoms with van der Waals surface area (Å²) < 4.78 is 44.5. The number of aryl methyl sites for hydroxylation is 2. The molecule has 0 bridgehead atoms. The Kier molecular flexibility index (Phi) is 3.61. The zero-order chi connectivity index (χ0) is 14.9. The van der Waals surface area contributed by atoms with Crippen LogP contribution in [0.4, 0.5) is 13.2 Å². The smallest absolute Gasteiger partial charge is 0.258 e. The van der Waals surface area contributed by atoms with Gasteiger partial charge in [0.1, 0.15) is 5.75 Å². The van der Waals surface area contributed by atoms with Gasteiger partial charge in [0.2, 0.25) is 0 Å². The van der Waals surface area contributed by atoms with E-state index in [0.717, 1.165) is 0 Å². The molecular formula is C14H9F3N2O. The largest absolute Gasteiger partial charge is 0.436 e. The average molecular weight is 278 g/mol. The van der Waals surface area contributed by atoms with Gasteiger partial charge in [-0.15, -0.1) is 0 Å². The van der Waals surface area contributed by atoms with Crippen LogP contribution in [0, 0.1) is 42.8 Å². The molecule has 102 valence electrons. The maximum absolute atomic E-state index is 13.5. The van der Waals surface area contributed by atoms with Gasteiger partial charge in [-0.05, 0) is 37.1 Å². The summed E-state index contributed by atoms with van der Waals surface area (Å²) in [6.07, 6.45) is 0. The van der Waals surface area contributed by atoms with Crippen LogP contribution in [0.25, 0.3) is 0 Å². The monoisotopic (exact) mass is 278 g/mol. The van der Waals surface area contributed by atoms with Gasteiger partial charge < -0.3 is 4.74 Å². The molecule has 1 aromatic carbocycles. The topological polar surface area (TPSA) is 45.9 Å². The zero-order valence-corrected chi connectivity index (χ0v) is 10.7. The summed E-state index contributed by atoms with van der Waals surface area (Å²) in [7, 11) is 0. The Morgan fingerprint density at radius 1 is 1.05 bits per heavy atom. The van der Waals surface area contributed by atoms with E-state index < -0.39 is 23.5 Å². The Balaban J connectivity index is 2.46. The first kappa shape index (κ1) is 13.9. The lowest BCUT2D eigenvalue weighted by Gasteiger charge is -2.12. The number of nitrogens with zero attached hydrogens (tertiary/aromatic N) is 2. The SMILES string of the molecule is Cc1cc(C#N)cc(C)c1Oc1nc(F)c(F)cc1F. The van der Waals surface area contributed by atoms with Crippen molar-refractivity contribution in [3.8, 4) is 17.7 Å². The van der Waals surface area contributed by atoms with E-state index in [4.69, 9.17) is 10.00 Å². The fourth-order valence-electron chi connectivity index (χ4n) is 1.77. The van der Waals surface area contributed by atoms with E-state index >= 15 is 0 Å². The molecule has 1 heterocycles. The summed E-state index contributed by atoms with van der Waals surface area (Å²) in [6.45, 7) is 3.31. The van der Waals surface area contributed by atoms with Gasteiger partial charge in [0, 0.05) is 6.07 Å². The molecule has 0 atom stereocenters. The van der Waals surface area contributed by atoms with Gasteiger partial charge in [0.05, 0.1) is 11.6 Å². The van der Waals surface area contributed by atoms with E-state index in [1.807, 2.05) is 6.07 Å². The highest BCUT2D eigenvalue weighted by Crippen LogP contribution is 2.30. The van der Waals surface area contributed by atoms with Crippen LogP contribution in [-0.4, -0.2) is 4.98 Å². The Hall–Kier alpha value is -2.55. The lowest BCUT2D eigenvalue weighted by atomic mass is 10.1. The number of ether oxygens (including phenoxy) is 1. The molecule has 2 rings (SSSR count). The van der Waals surface area contributed by atoms with Crippen molar-refractivity contribution in [2.24, 2.45) is 0 Å². The molecule has 0 amide bonds. The molecule has 0 aliphatic heterocycles. The molecule has 0 saturated carbocycles. The highest BCUT2D eigenvalue weighted by atomic mass is 19.2. The Bertz CT molecular complexity index is 700. The molecule has 0 radical (unpaired) electrons. The van der Waals surface area contributed by atoms with Crippen molar-refractivity contribution in [3.63, 3.8) is 0 Å². The minimum absolute atomic E-state index is 0.251. The second-order valence-electron chi connectivity index (χ2n) is 4.20. The molecule has 1 aromatic heterocycles. The van der Waals surface area contributed by atoms with E-state index in [-0.39, 0.29) is 5.75 Å². The van der Waals surface area contributed by atoms with Crippen molar-refractivity contribution >= 4 is 0 Å². The Morgan fingerprint density at radius 3 is 2.20 bits per heavy atom. The maximum atomic E-state index is 13.5. The van der Waals surface area contributed by atoms with E-state index in [0.29, 0.717) is 22.8 Å². The number of pyridine rings is 1. The normalized spacial score (nSPS) is 10.2. The summed E-state index contributed by atoms with van der Waals surface area (Å²) in [4.78, 5) is 3.09. The molecule has 0 saturated heterocycles. The summed E-state index contributed by atoms with van der Waals surface area (Å²) in [5.41, 5.74) is 1.55. The van der Waals surface area contributed by atoms with Gasteiger partial charge in [-0.25, -0.2) is 8.78 Å². The first-order chi connectivity index (χ1) is 9.42. The number of hydrogen-bond acceptors (Lipinski definition) is 3. The lowest BCUT2D eigenvalue weighted by molar-refractivity contribution is 0.384. The predicted molar refractivity (Wildman–Crippen MR) is 64.8 cm³/mol. The van der Waals surface area contributed by atoms with Crippen LogP contribution >= 0.6 is 0 Å². The fourth-order valence-corrected chi connectivity index (χ4v) is 1.77. The second-order valence-corrected chi connectivity index (χ2v) is 4.20. The summed E-state index contributed by atoms with van der Waals surface area (Å²) >= 11 is 0. The van der Waals surface area contributed by atoms with Gasteiger partial charge in [0.15, 0.2) is 11.6 Å². The van der Waals surface area contributed by atoms with Crippen molar-refractivity contribution in [2.75, 3.05) is 0 Å². The summed E-state index contributed by atoms with van der Waals surface area (Å²) in [6, 6.07) is 5.42. The molecule has 2 aromatic rings. The summed E-state index contributed by atoms with van der Waals surface area (Å²) in [5.74, 6) is -4.33. The molecule has 3 nitrogen and oxygen atoms in total. The van der Waals surface area contributed by atoms with Gasteiger partial charge in [-0.3, -0.25) is 0 Å². The number of aromatic nitrogens is 1. The molecular weight excluding hydrogens is 269 g/mol. The van der Waals surface area contributed by atoms with Gasteiger partial charge in [-0.1, -0.05) is 0 Å². The Morgan fingerprint density at radius 2 is 1.65 bits per heavy atom. The quantitative estimate of drug-likeness (QED) is 0.785. The molecule has 0 aliphatic carbocycles. The van der Waals surface area contributed by atoms with Crippen LogP contribution in [0.2, 0.25) is 0 Å². The van der Waals surface area contributed by atoms with Crippen LogP contribution in [0.5, 0.6) is 11.6 Å². The lowest BCUT2D eigenvalue weighted by Crippen LogP contribution is -2.00. The molecule has 0 spiro atoms. The van der Waals surface area contributed by atoms with Crippen molar-refractivity contribution in [1.29, 1.82) is 5.26 Å². The fraction of sp³-hybridized carbons (Fsp3) is 0.143. The maximum Gasteiger partial charge on any atom is 0.258 e. The number of nitriles is 1. The highest BCUT2D eigenvalue weighted by molar-refractivity contribution is 5.48. The summed E-state index contributed by atoms with van der Waals surface area (Å²) in [5, 5.41) is 8.82. The highest BCUT2D eigenvalue weighted by Gasteiger charge is 2.16. The standard InChI is InChI=1S/C14H9F3N2O/c1-7-3-9(6-18)4-8(2)12(7)20-14-11(16)5-10(15)13(17)19-14/h3-5H,1-2H3. The van der Waals surface area contributed by atoms with E-state index in [9.17, 15) is 13.2 Å². The molecule has 0 fully saturated rings. The number of halogens is 3. The third-order valence-corrected chi connectivity index (χ3v) is 2.64. The van der Waals surface area contributed by atoms with Crippen molar-refractivity contribution in [2.45, 2.75) is 13.8 Å². The molecule has 0 unspecified atom stereocenters. The van der Waals surface area contributed by atoms with E-state index in [1.54, 1.807) is 26.0 Å². The van der Waals surface area contributed by atoms with Crippen molar-refractivity contribution in [3.05, 3.63) is 52.5 Å². The number of rotatable bonds is 2. The van der Waals surface area contributed by atoms with Gasteiger partial charge >= 0.3 is 0 Å². The first-order valence-electron chi connectivity index (χ1n) is 5.63. The molecule has 0 aliphatic rings. The van der Waals surface area contributed by atoms with Crippen LogP contribution < -0.4 is 4.74 Å². The third kappa shape index (κ3) is 2.57. The average Bonchev–Trinajstić information content (AvgIpc) is 2.39. The number of hydrogen-bond donors (Lipinski definition) is 0. The predicted octanol–water partition coefficient (Wildman–Crippen LogP) is 3.78. The van der Waals surface area contributed by atoms with Crippen LogP contribution in [-0.2, 0) is 0 Å². The van der Waals surface area contributed by atoms with Gasteiger partial charge in [0.25, 0.3) is 11.8 Å². The van der Waals surface area contributed by atoms with Crippen molar-refractivity contribution < 1.29 is 17.9 Å². The molecule has 6 heteroatoms. The van der Waals surface area contributed by atoms with E-state index in [2.05, 4.69) is 4.98 Å². The zero-order valence-electron chi connectivity index (χ0n) is 10.7. The van der Waals surface area contributed by atoms with Crippen LogP contribution in [0.3, 0.4) is 0 Å². The number of benzene rings is 1. The minimum atomic E-state index is -1.44. The molecule has 20 heavy (non-hydrogen) atoms.